The summed E-state index contributed by atoms with van der Waals surface area (Å²) >= 11 is 0. The zero-order valence-electron chi connectivity index (χ0n) is 14.7. The summed E-state index contributed by atoms with van der Waals surface area (Å²) in [5.41, 5.74) is 2.13. The van der Waals surface area contributed by atoms with E-state index in [-0.39, 0.29) is 17.2 Å². The van der Waals surface area contributed by atoms with Crippen molar-refractivity contribution in [3.8, 4) is 11.5 Å². The molecule has 0 radical (unpaired) electrons. The molecule has 0 N–H and O–H groups in total. The van der Waals surface area contributed by atoms with Gasteiger partial charge in [-0.2, -0.15) is 0 Å². The molecule has 1 heterocycles. The molecule has 0 saturated carbocycles. The Balaban J connectivity index is 1.50. The van der Waals surface area contributed by atoms with Gasteiger partial charge in [-0.25, -0.2) is 0 Å². The first kappa shape index (κ1) is 17.5. The molecule has 0 saturated heterocycles. The van der Waals surface area contributed by atoms with Gasteiger partial charge < -0.3 is 9.47 Å². The molecule has 6 heteroatoms. The molecule has 4 rings (SSSR count). The fourth-order valence-electron chi connectivity index (χ4n) is 2.84. The molecule has 0 spiro atoms. The molecule has 1 aliphatic heterocycles. The highest BCUT2D eigenvalue weighted by Gasteiger charge is 2.27. The lowest BCUT2D eigenvalue weighted by Crippen LogP contribution is -1.98. The van der Waals surface area contributed by atoms with Crippen LogP contribution in [0.2, 0.25) is 0 Å². The summed E-state index contributed by atoms with van der Waals surface area (Å²) in [6, 6.07) is 20.8. The van der Waals surface area contributed by atoms with Gasteiger partial charge in [0, 0.05) is 18.2 Å². The number of hydrogen-bond donors (Lipinski definition) is 0. The Morgan fingerprint density at radius 3 is 2.46 bits per heavy atom. The van der Waals surface area contributed by atoms with E-state index in [4.69, 9.17) is 9.47 Å². The molecule has 3 aromatic rings. The third kappa shape index (κ3) is 3.61. The molecular weight excluding hydrogens is 358 g/mol. The minimum atomic E-state index is -0.471. The third-order valence-corrected chi connectivity index (χ3v) is 4.29. The van der Waals surface area contributed by atoms with Crippen LogP contribution < -0.4 is 9.47 Å². The van der Waals surface area contributed by atoms with Crippen LogP contribution in [-0.2, 0) is 6.61 Å². The molecule has 6 nitrogen and oxygen atoms in total. The second-order valence-electron chi connectivity index (χ2n) is 6.22. The SMILES string of the molecule is O=C1/C(=C\c2ccc([N+](=O)[O-])cc2)Oc2cc(OCc3ccccc3)ccc21. The maximum Gasteiger partial charge on any atom is 0.269 e. The Morgan fingerprint density at radius 1 is 1.00 bits per heavy atom. The minimum absolute atomic E-state index is 0.00990. The Bertz CT molecular complexity index is 1070. The highest BCUT2D eigenvalue weighted by Crippen LogP contribution is 2.35. The van der Waals surface area contributed by atoms with Crippen molar-refractivity contribution in [2.24, 2.45) is 0 Å². The summed E-state index contributed by atoms with van der Waals surface area (Å²) in [7, 11) is 0. The number of fused-ring (bicyclic) bond motifs is 1. The second-order valence-corrected chi connectivity index (χ2v) is 6.22. The first-order valence-corrected chi connectivity index (χ1v) is 8.59. The molecular formula is C22H15NO5. The number of non-ortho nitro benzene ring substituents is 1. The van der Waals surface area contributed by atoms with Crippen molar-refractivity contribution in [1.82, 2.24) is 0 Å². The first-order chi connectivity index (χ1) is 13.6. The lowest BCUT2D eigenvalue weighted by atomic mass is 10.1. The van der Waals surface area contributed by atoms with Crippen LogP contribution in [0.5, 0.6) is 11.5 Å². The molecule has 0 amide bonds. The number of ketones is 1. The number of carbonyl (C=O) groups is 1. The van der Waals surface area contributed by atoms with Gasteiger partial charge in [0.2, 0.25) is 5.78 Å². The normalized spacial score (nSPS) is 13.9. The zero-order valence-corrected chi connectivity index (χ0v) is 14.7. The largest absolute Gasteiger partial charge is 0.489 e. The van der Waals surface area contributed by atoms with Gasteiger partial charge in [-0.3, -0.25) is 14.9 Å². The molecule has 0 bridgehead atoms. The van der Waals surface area contributed by atoms with Gasteiger partial charge in [0.25, 0.3) is 5.69 Å². The van der Waals surface area contributed by atoms with E-state index in [1.54, 1.807) is 36.4 Å². The fraction of sp³-hybridized carbons (Fsp3) is 0.0455. The van der Waals surface area contributed by atoms with E-state index < -0.39 is 4.92 Å². The second kappa shape index (κ2) is 7.36. The smallest absolute Gasteiger partial charge is 0.269 e. The lowest BCUT2D eigenvalue weighted by Gasteiger charge is -2.07. The van der Waals surface area contributed by atoms with Gasteiger partial charge in [0.1, 0.15) is 18.1 Å². The van der Waals surface area contributed by atoms with E-state index in [1.165, 1.54) is 12.1 Å². The average molecular weight is 373 g/mol. The van der Waals surface area contributed by atoms with Gasteiger partial charge >= 0.3 is 0 Å². The number of allylic oxidation sites excluding steroid dienone is 1. The molecule has 3 aromatic carbocycles. The quantitative estimate of drug-likeness (QED) is 0.365. The number of nitro benzene ring substituents is 1. The van der Waals surface area contributed by atoms with Gasteiger partial charge in [0.15, 0.2) is 5.76 Å². The van der Waals surface area contributed by atoms with E-state index in [2.05, 4.69) is 0 Å². The van der Waals surface area contributed by atoms with Crippen LogP contribution in [0, 0.1) is 10.1 Å². The minimum Gasteiger partial charge on any atom is -0.489 e. The Morgan fingerprint density at radius 2 is 1.75 bits per heavy atom. The third-order valence-electron chi connectivity index (χ3n) is 4.29. The molecule has 28 heavy (non-hydrogen) atoms. The molecule has 138 valence electrons. The van der Waals surface area contributed by atoms with Crippen LogP contribution in [0.4, 0.5) is 5.69 Å². The Hall–Kier alpha value is -3.93. The van der Waals surface area contributed by atoms with E-state index >= 15 is 0 Å². The van der Waals surface area contributed by atoms with Crippen LogP contribution in [0.25, 0.3) is 6.08 Å². The van der Waals surface area contributed by atoms with Crippen LogP contribution in [0.15, 0.2) is 78.6 Å². The topological polar surface area (TPSA) is 78.7 Å². The maximum atomic E-state index is 12.5. The number of carbonyl (C=O) groups excluding carboxylic acids is 1. The summed E-state index contributed by atoms with van der Waals surface area (Å²) in [5, 5.41) is 10.7. The number of nitro groups is 1. The summed E-state index contributed by atoms with van der Waals surface area (Å²) in [6.45, 7) is 0.416. The predicted octanol–water partition coefficient (Wildman–Crippen LogP) is 4.79. The number of ether oxygens (including phenoxy) is 2. The van der Waals surface area contributed by atoms with Crippen LogP contribution in [0.1, 0.15) is 21.5 Å². The van der Waals surface area contributed by atoms with Gasteiger partial charge in [-0.1, -0.05) is 30.3 Å². The van der Waals surface area contributed by atoms with Crippen molar-refractivity contribution in [3.63, 3.8) is 0 Å². The zero-order chi connectivity index (χ0) is 19.5. The molecule has 0 atom stereocenters. The number of hydrogen-bond acceptors (Lipinski definition) is 5. The lowest BCUT2D eigenvalue weighted by molar-refractivity contribution is -0.384. The van der Waals surface area contributed by atoms with Crippen LogP contribution in [0.3, 0.4) is 0 Å². The highest BCUT2D eigenvalue weighted by atomic mass is 16.6. The average Bonchev–Trinajstić information content (AvgIpc) is 3.02. The molecule has 0 aliphatic carbocycles. The van der Waals surface area contributed by atoms with Crippen molar-refractivity contribution in [2.45, 2.75) is 6.61 Å². The van der Waals surface area contributed by atoms with Crippen molar-refractivity contribution in [3.05, 3.63) is 105 Å². The molecule has 0 fully saturated rings. The van der Waals surface area contributed by atoms with Crippen molar-refractivity contribution >= 4 is 17.5 Å². The van der Waals surface area contributed by atoms with Crippen molar-refractivity contribution < 1.29 is 19.2 Å². The monoisotopic (exact) mass is 373 g/mol. The molecule has 1 aliphatic rings. The number of benzene rings is 3. The Labute approximate surface area is 160 Å². The van der Waals surface area contributed by atoms with E-state index in [1.807, 2.05) is 30.3 Å². The molecule has 0 aromatic heterocycles. The van der Waals surface area contributed by atoms with Crippen molar-refractivity contribution in [1.29, 1.82) is 0 Å². The van der Waals surface area contributed by atoms with Crippen molar-refractivity contribution in [2.75, 3.05) is 0 Å². The summed E-state index contributed by atoms with van der Waals surface area (Å²) in [5.74, 6) is 0.975. The maximum absolute atomic E-state index is 12.5. The highest BCUT2D eigenvalue weighted by molar-refractivity contribution is 6.14. The summed E-state index contributed by atoms with van der Waals surface area (Å²) in [4.78, 5) is 22.8. The molecule has 0 unspecified atom stereocenters. The van der Waals surface area contributed by atoms with Gasteiger partial charge in [-0.15, -0.1) is 0 Å². The van der Waals surface area contributed by atoms with Crippen LogP contribution in [-0.4, -0.2) is 10.7 Å². The fourth-order valence-corrected chi connectivity index (χ4v) is 2.84. The number of nitrogens with zero attached hydrogens (tertiary/aromatic N) is 1. The summed E-state index contributed by atoms with van der Waals surface area (Å²) < 4.78 is 11.5. The van der Waals surface area contributed by atoms with Gasteiger partial charge in [-0.05, 0) is 41.5 Å². The standard InChI is InChI=1S/C22H15NO5/c24-22-19-11-10-18(27-14-16-4-2-1-3-5-16)13-20(19)28-21(22)12-15-6-8-17(9-7-15)23(25)26/h1-13H,14H2/b21-12+. The van der Waals surface area contributed by atoms with E-state index in [0.29, 0.717) is 29.2 Å². The number of rotatable bonds is 5. The first-order valence-electron chi connectivity index (χ1n) is 8.59. The Kier molecular flexibility index (Phi) is 4.60. The van der Waals surface area contributed by atoms with E-state index in [0.717, 1.165) is 5.56 Å². The van der Waals surface area contributed by atoms with Crippen LogP contribution >= 0.6 is 0 Å². The van der Waals surface area contributed by atoms with E-state index in [9.17, 15) is 14.9 Å². The van der Waals surface area contributed by atoms with Gasteiger partial charge in [0.05, 0.1) is 10.5 Å². The number of Topliss-reactive ketones (excluding diaryl/α,β-unsaturated/α-hetero) is 1. The predicted molar refractivity (Wildman–Crippen MR) is 103 cm³/mol. The summed E-state index contributed by atoms with van der Waals surface area (Å²) in [6.07, 6.45) is 1.57.